The van der Waals surface area contributed by atoms with Gasteiger partial charge in [-0.2, -0.15) is 0 Å². The standard InChI is InChI=1S/C27H23Cl2N3O6S2/c1-38-24-11-15-26(16-12-24)40(36,37)32(23-4-2-3-20(29)17-23)18-27(33)30-21-9-13-25(14-10-21)39(34,35)31-22-7-5-19(28)6-8-22/h2-17,31H,18H2,1H3,(H,30,33). The van der Waals surface area contributed by atoms with E-state index in [4.69, 9.17) is 27.9 Å². The van der Waals surface area contributed by atoms with Crippen LogP contribution in [0.3, 0.4) is 0 Å². The number of hydrogen-bond acceptors (Lipinski definition) is 6. The highest BCUT2D eigenvalue weighted by atomic mass is 35.5. The Morgan fingerprint density at radius 2 is 1.38 bits per heavy atom. The van der Waals surface area contributed by atoms with E-state index in [2.05, 4.69) is 10.0 Å². The van der Waals surface area contributed by atoms with Crippen LogP contribution in [0.1, 0.15) is 0 Å². The van der Waals surface area contributed by atoms with E-state index in [-0.39, 0.29) is 26.2 Å². The molecule has 4 rings (SSSR count). The van der Waals surface area contributed by atoms with Crippen molar-refractivity contribution in [2.24, 2.45) is 0 Å². The quantitative estimate of drug-likeness (QED) is 0.237. The molecule has 0 bridgehead atoms. The van der Waals surface area contributed by atoms with Crippen molar-refractivity contribution in [1.82, 2.24) is 0 Å². The van der Waals surface area contributed by atoms with Crippen molar-refractivity contribution in [3.05, 3.63) is 107 Å². The Labute approximate surface area is 242 Å². The molecule has 2 N–H and O–H groups in total. The van der Waals surface area contributed by atoms with Crippen molar-refractivity contribution < 1.29 is 26.4 Å². The Hall–Kier alpha value is -3.77. The lowest BCUT2D eigenvalue weighted by Gasteiger charge is -2.24. The smallest absolute Gasteiger partial charge is 0.264 e. The zero-order valence-electron chi connectivity index (χ0n) is 20.9. The lowest BCUT2D eigenvalue weighted by Crippen LogP contribution is -2.38. The fourth-order valence-electron chi connectivity index (χ4n) is 3.60. The van der Waals surface area contributed by atoms with Crippen LogP contribution in [0.25, 0.3) is 0 Å². The van der Waals surface area contributed by atoms with E-state index in [0.717, 1.165) is 4.31 Å². The first-order chi connectivity index (χ1) is 19.0. The molecule has 0 saturated carbocycles. The molecule has 0 aliphatic carbocycles. The molecule has 4 aromatic rings. The maximum absolute atomic E-state index is 13.5. The third-order valence-corrected chi connectivity index (χ3v) is 9.25. The van der Waals surface area contributed by atoms with E-state index in [1.165, 1.54) is 79.9 Å². The van der Waals surface area contributed by atoms with E-state index < -0.39 is 32.5 Å². The molecule has 0 radical (unpaired) electrons. The molecule has 9 nitrogen and oxygen atoms in total. The molecule has 0 unspecified atom stereocenters. The molecule has 0 aliphatic rings. The summed E-state index contributed by atoms with van der Waals surface area (Å²) in [5.74, 6) is -0.188. The average Bonchev–Trinajstić information content (AvgIpc) is 2.93. The Bertz CT molecular complexity index is 1710. The number of ether oxygens (including phenoxy) is 1. The molecule has 0 heterocycles. The van der Waals surface area contributed by atoms with Gasteiger partial charge in [-0.25, -0.2) is 16.8 Å². The minimum Gasteiger partial charge on any atom is -0.497 e. The van der Waals surface area contributed by atoms with Crippen molar-refractivity contribution in [2.45, 2.75) is 9.79 Å². The Morgan fingerprint density at radius 1 is 0.775 bits per heavy atom. The summed E-state index contributed by atoms with van der Waals surface area (Å²) in [6.45, 7) is -0.577. The molecule has 0 aromatic heterocycles. The van der Waals surface area contributed by atoms with Crippen LogP contribution in [-0.4, -0.2) is 36.4 Å². The second-order valence-corrected chi connectivity index (χ2v) is 12.8. The second-order valence-electron chi connectivity index (χ2n) is 8.35. The van der Waals surface area contributed by atoms with Crippen molar-refractivity contribution in [3.8, 4) is 5.75 Å². The van der Waals surface area contributed by atoms with E-state index >= 15 is 0 Å². The molecule has 4 aromatic carbocycles. The Kier molecular flexibility index (Phi) is 8.89. The summed E-state index contributed by atoms with van der Waals surface area (Å²) in [6.07, 6.45) is 0. The van der Waals surface area contributed by atoms with Gasteiger partial charge in [0.1, 0.15) is 12.3 Å². The highest BCUT2D eigenvalue weighted by molar-refractivity contribution is 7.93. The number of anilines is 3. The summed E-state index contributed by atoms with van der Waals surface area (Å²) in [7, 11) is -6.62. The molecule has 0 aliphatic heterocycles. The molecule has 40 heavy (non-hydrogen) atoms. The predicted octanol–water partition coefficient (Wildman–Crippen LogP) is 5.64. The van der Waals surface area contributed by atoms with Crippen molar-refractivity contribution in [1.29, 1.82) is 0 Å². The minimum atomic E-state index is -4.18. The van der Waals surface area contributed by atoms with Crippen LogP contribution in [0.15, 0.2) is 107 Å². The monoisotopic (exact) mass is 619 g/mol. The van der Waals surface area contributed by atoms with Gasteiger partial charge in [-0.1, -0.05) is 29.3 Å². The number of benzene rings is 4. The number of sulfonamides is 2. The maximum Gasteiger partial charge on any atom is 0.264 e. The largest absolute Gasteiger partial charge is 0.497 e. The van der Waals surface area contributed by atoms with E-state index in [1.807, 2.05) is 0 Å². The summed E-state index contributed by atoms with van der Waals surface area (Å²) in [6, 6.07) is 23.5. The molecule has 0 saturated heterocycles. The molecule has 13 heteroatoms. The van der Waals surface area contributed by atoms with Crippen LogP contribution < -0.4 is 19.1 Å². The van der Waals surface area contributed by atoms with Crippen LogP contribution >= 0.6 is 23.2 Å². The number of rotatable bonds is 10. The lowest BCUT2D eigenvalue weighted by molar-refractivity contribution is -0.114. The van der Waals surface area contributed by atoms with Crippen LogP contribution in [-0.2, 0) is 24.8 Å². The van der Waals surface area contributed by atoms with Crippen molar-refractivity contribution in [2.75, 3.05) is 28.0 Å². The van der Waals surface area contributed by atoms with Gasteiger partial charge in [0, 0.05) is 21.4 Å². The molecule has 0 fully saturated rings. The molecule has 208 valence electrons. The first kappa shape index (κ1) is 29.2. The molecule has 1 amide bonds. The number of halogens is 2. The van der Waals surface area contributed by atoms with Crippen molar-refractivity contribution in [3.63, 3.8) is 0 Å². The van der Waals surface area contributed by atoms with Gasteiger partial charge in [-0.15, -0.1) is 0 Å². The fourth-order valence-corrected chi connectivity index (χ4v) is 6.38. The Balaban J connectivity index is 1.53. The van der Waals surface area contributed by atoms with Gasteiger partial charge >= 0.3 is 0 Å². The Morgan fingerprint density at radius 3 is 1.98 bits per heavy atom. The SMILES string of the molecule is COc1ccc(S(=O)(=O)N(CC(=O)Nc2ccc(S(=O)(=O)Nc3ccc(Cl)cc3)cc2)c2cccc(Cl)c2)cc1. The summed E-state index contributed by atoms with van der Waals surface area (Å²) in [5.41, 5.74) is 0.789. The van der Waals surface area contributed by atoms with Crippen LogP contribution in [0.4, 0.5) is 17.1 Å². The summed E-state index contributed by atoms with van der Waals surface area (Å²) in [4.78, 5) is 12.9. The van der Waals surface area contributed by atoms with Gasteiger partial charge in [0.2, 0.25) is 5.91 Å². The molecule has 0 atom stereocenters. The van der Waals surface area contributed by atoms with Gasteiger partial charge in [-0.3, -0.25) is 13.8 Å². The fraction of sp³-hybridized carbons (Fsp3) is 0.0741. The van der Waals surface area contributed by atoms with Gasteiger partial charge in [0.15, 0.2) is 0 Å². The number of nitrogens with zero attached hydrogens (tertiary/aromatic N) is 1. The first-order valence-corrected chi connectivity index (χ1v) is 15.3. The van der Waals surface area contributed by atoms with E-state index in [9.17, 15) is 21.6 Å². The van der Waals surface area contributed by atoms with E-state index in [0.29, 0.717) is 16.5 Å². The van der Waals surface area contributed by atoms with Gasteiger partial charge in [0.05, 0.1) is 22.6 Å². The summed E-state index contributed by atoms with van der Waals surface area (Å²) >= 11 is 11.9. The van der Waals surface area contributed by atoms with Crippen LogP contribution in [0, 0.1) is 0 Å². The second kappa shape index (κ2) is 12.2. The molecular formula is C27H23Cl2N3O6S2. The predicted molar refractivity (Wildman–Crippen MR) is 156 cm³/mol. The molecular weight excluding hydrogens is 597 g/mol. The van der Waals surface area contributed by atoms with Crippen LogP contribution in [0.5, 0.6) is 5.75 Å². The van der Waals surface area contributed by atoms with Gasteiger partial charge in [0.25, 0.3) is 20.0 Å². The number of nitrogens with one attached hydrogen (secondary N) is 2. The zero-order valence-corrected chi connectivity index (χ0v) is 24.1. The van der Waals surface area contributed by atoms with Crippen molar-refractivity contribution >= 4 is 66.2 Å². The lowest BCUT2D eigenvalue weighted by atomic mass is 10.3. The topological polar surface area (TPSA) is 122 Å². The normalized spacial score (nSPS) is 11.5. The minimum absolute atomic E-state index is 0.0388. The molecule has 0 spiro atoms. The summed E-state index contributed by atoms with van der Waals surface area (Å²) < 4.78 is 61.0. The van der Waals surface area contributed by atoms with E-state index in [1.54, 1.807) is 24.3 Å². The number of amides is 1. The third-order valence-electron chi connectivity index (χ3n) is 5.58. The number of carbonyl (C=O) groups is 1. The number of methoxy groups -OCH3 is 1. The third kappa shape index (κ3) is 7.05. The number of hydrogen-bond donors (Lipinski definition) is 2. The summed E-state index contributed by atoms with van der Waals surface area (Å²) in [5, 5.41) is 3.36. The zero-order chi connectivity index (χ0) is 28.9. The highest BCUT2D eigenvalue weighted by Gasteiger charge is 2.27. The van der Waals surface area contributed by atoms with Crippen LogP contribution in [0.2, 0.25) is 10.0 Å². The van der Waals surface area contributed by atoms with Gasteiger partial charge in [-0.05, 0) is 91.0 Å². The maximum atomic E-state index is 13.5. The first-order valence-electron chi connectivity index (χ1n) is 11.6. The highest BCUT2D eigenvalue weighted by Crippen LogP contribution is 2.27. The average molecular weight is 621 g/mol. The number of carbonyl (C=O) groups excluding carboxylic acids is 1. The van der Waals surface area contributed by atoms with Gasteiger partial charge < -0.3 is 10.1 Å².